The number of carboxylic acids is 1. The number of carbonyl (C=O) groups is 1. The molecule has 4 heteroatoms. The summed E-state index contributed by atoms with van der Waals surface area (Å²) in [7, 11) is 0. The fourth-order valence-corrected chi connectivity index (χ4v) is 0.493. The zero-order valence-corrected chi connectivity index (χ0v) is 6.71. The highest BCUT2D eigenvalue weighted by Crippen LogP contribution is 1.87. The molecule has 0 aliphatic rings. The van der Waals surface area contributed by atoms with Crippen LogP contribution in [0.1, 0.15) is 19.8 Å². The molecule has 0 aromatic heterocycles. The monoisotopic (exact) mass is 162 g/mol. The second-order valence-corrected chi connectivity index (χ2v) is 2.12. The summed E-state index contributed by atoms with van der Waals surface area (Å²) in [6.45, 7) is 2.48. The largest absolute Gasteiger partial charge is 0.480 e. The third-order valence-electron chi connectivity index (χ3n) is 1.03. The maximum atomic E-state index is 9.91. The Hall–Kier alpha value is -0.610. The van der Waals surface area contributed by atoms with Crippen LogP contribution in [0, 0.1) is 0 Å². The summed E-state index contributed by atoms with van der Waals surface area (Å²) in [6, 6.07) is 0. The molecule has 0 radical (unpaired) electrons. The maximum Gasteiger partial charge on any atom is 0.329 e. The molecule has 0 aromatic rings. The van der Waals surface area contributed by atoms with Crippen LogP contribution in [0.3, 0.4) is 0 Å². The van der Waals surface area contributed by atoms with Crippen molar-refractivity contribution in [2.45, 2.75) is 19.8 Å². The average Bonchev–Trinajstić information content (AvgIpc) is 1.96. The van der Waals surface area contributed by atoms with Gasteiger partial charge in [-0.3, -0.25) is 0 Å². The highest BCUT2D eigenvalue weighted by atomic mass is 16.7. The van der Waals surface area contributed by atoms with Crippen LogP contribution in [0.25, 0.3) is 0 Å². The molecular formula is C7H14O4. The molecule has 0 aliphatic carbocycles. The SMILES string of the molecule is CCCCOCOCC(=O)O. The Kier molecular flexibility index (Phi) is 7.08. The van der Waals surface area contributed by atoms with Gasteiger partial charge in [-0.1, -0.05) is 13.3 Å². The number of hydrogen-bond acceptors (Lipinski definition) is 3. The Morgan fingerprint density at radius 3 is 2.73 bits per heavy atom. The lowest BCUT2D eigenvalue weighted by atomic mass is 10.4. The molecule has 4 nitrogen and oxygen atoms in total. The van der Waals surface area contributed by atoms with E-state index in [1.165, 1.54) is 0 Å². The molecule has 1 N–H and O–H groups in total. The maximum absolute atomic E-state index is 9.91. The molecule has 0 saturated heterocycles. The lowest BCUT2D eigenvalue weighted by Crippen LogP contribution is -2.09. The van der Waals surface area contributed by atoms with Crippen LogP contribution in [-0.2, 0) is 14.3 Å². The van der Waals surface area contributed by atoms with Crippen LogP contribution < -0.4 is 0 Å². The fourth-order valence-electron chi connectivity index (χ4n) is 0.493. The van der Waals surface area contributed by atoms with Gasteiger partial charge in [0, 0.05) is 6.61 Å². The van der Waals surface area contributed by atoms with Gasteiger partial charge in [-0.15, -0.1) is 0 Å². The van der Waals surface area contributed by atoms with Gasteiger partial charge in [0.05, 0.1) is 0 Å². The standard InChI is InChI=1S/C7H14O4/c1-2-3-4-10-6-11-5-7(8)9/h2-6H2,1H3,(H,8,9). The number of rotatable bonds is 7. The predicted molar refractivity (Wildman–Crippen MR) is 39.3 cm³/mol. The zero-order valence-electron chi connectivity index (χ0n) is 6.71. The molecule has 0 aliphatic heterocycles. The molecule has 0 bridgehead atoms. The normalized spacial score (nSPS) is 9.91. The first-order valence-electron chi connectivity index (χ1n) is 3.64. The van der Waals surface area contributed by atoms with Crippen molar-refractivity contribution in [3.05, 3.63) is 0 Å². The molecule has 0 aromatic carbocycles. The molecule has 0 amide bonds. The van der Waals surface area contributed by atoms with Crippen molar-refractivity contribution in [3.63, 3.8) is 0 Å². The summed E-state index contributed by atoms with van der Waals surface area (Å²) in [5.74, 6) is -0.968. The zero-order chi connectivity index (χ0) is 8.53. The van der Waals surface area contributed by atoms with Gasteiger partial charge in [-0.05, 0) is 6.42 Å². The van der Waals surface area contributed by atoms with E-state index in [0.29, 0.717) is 6.61 Å². The molecule has 0 fully saturated rings. The number of ether oxygens (including phenoxy) is 2. The van der Waals surface area contributed by atoms with Crippen molar-refractivity contribution in [3.8, 4) is 0 Å². The molecule has 0 heterocycles. The third-order valence-corrected chi connectivity index (χ3v) is 1.03. The Labute approximate surface area is 66.1 Å². The first-order valence-corrected chi connectivity index (χ1v) is 3.64. The summed E-state index contributed by atoms with van der Waals surface area (Å²) in [5, 5.41) is 8.14. The van der Waals surface area contributed by atoms with E-state index >= 15 is 0 Å². The summed E-state index contributed by atoms with van der Waals surface area (Å²) >= 11 is 0. The molecule has 0 spiro atoms. The summed E-state index contributed by atoms with van der Waals surface area (Å²) < 4.78 is 9.56. The van der Waals surface area contributed by atoms with Crippen LogP contribution >= 0.6 is 0 Å². The second kappa shape index (κ2) is 7.50. The molecule has 66 valence electrons. The predicted octanol–water partition coefficient (Wildman–Crippen LogP) is 0.862. The van der Waals surface area contributed by atoms with Crippen LogP contribution in [-0.4, -0.2) is 31.1 Å². The highest BCUT2D eigenvalue weighted by molar-refractivity contribution is 5.67. The van der Waals surface area contributed by atoms with Gasteiger partial charge in [-0.2, -0.15) is 0 Å². The van der Waals surface area contributed by atoms with Crippen LogP contribution in [0.4, 0.5) is 0 Å². The minimum Gasteiger partial charge on any atom is -0.480 e. The Morgan fingerprint density at radius 1 is 1.45 bits per heavy atom. The smallest absolute Gasteiger partial charge is 0.329 e. The van der Waals surface area contributed by atoms with Crippen molar-refractivity contribution in [1.82, 2.24) is 0 Å². The number of carboxylic acid groups (broad SMARTS) is 1. The molecule has 0 rings (SSSR count). The van der Waals surface area contributed by atoms with Crippen molar-refractivity contribution in [2.24, 2.45) is 0 Å². The number of unbranched alkanes of at least 4 members (excludes halogenated alkanes) is 1. The van der Waals surface area contributed by atoms with E-state index in [9.17, 15) is 4.79 Å². The number of aliphatic carboxylic acids is 1. The Balaban J connectivity index is 2.85. The van der Waals surface area contributed by atoms with E-state index in [4.69, 9.17) is 9.84 Å². The van der Waals surface area contributed by atoms with Gasteiger partial charge >= 0.3 is 5.97 Å². The van der Waals surface area contributed by atoms with E-state index in [2.05, 4.69) is 11.7 Å². The van der Waals surface area contributed by atoms with Gasteiger partial charge < -0.3 is 14.6 Å². The molecular weight excluding hydrogens is 148 g/mol. The average molecular weight is 162 g/mol. The van der Waals surface area contributed by atoms with Gasteiger partial charge in [-0.25, -0.2) is 4.79 Å². The fraction of sp³-hybridized carbons (Fsp3) is 0.857. The van der Waals surface area contributed by atoms with Gasteiger partial charge in [0.25, 0.3) is 0 Å². The van der Waals surface area contributed by atoms with Gasteiger partial charge in [0.1, 0.15) is 13.4 Å². The first-order chi connectivity index (χ1) is 5.27. The van der Waals surface area contributed by atoms with Crippen molar-refractivity contribution >= 4 is 5.97 Å². The summed E-state index contributed by atoms with van der Waals surface area (Å²) in [5.41, 5.74) is 0. The van der Waals surface area contributed by atoms with E-state index in [0.717, 1.165) is 12.8 Å². The quantitative estimate of drug-likeness (QED) is 0.445. The first kappa shape index (κ1) is 10.4. The lowest BCUT2D eigenvalue weighted by molar-refractivity contribution is -0.148. The van der Waals surface area contributed by atoms with Gasteiger partial charge in [0.2, 0.25) is 0 Å². The highest BCUT2D eigenvalue weighted by Gasteiger charge is 1.94. The van der Waals surface area contributed by atoms with Crippen molar-refractivity contribution in [2.75, 3.05) is 20.0 Å². The second-order valence-electron chi connectivity index (χ2n) is 2.12. The molecule has 0 saturated carbocycles. The van der Waals surface area contributed by atoms with Crippen molar-refractivity contribution in [1.29, 1.82) is 0 Å². The van der Waals surface area contributed by atoms with E-state index < -0.39 is 5.97 Å². The van der Waals surface area contributed by atoms with E-state index in [1.54, 1.807) is 0 Å². The Bertz CT molecular complexity index is 103. The third kappa shape index (κ3) is 9.39. The summed E-state index contributed by atoms with van der Waals surface area (Å²) in [4.78, 5) is 9.91. The molecule has 0 unspecified atom stereocenters. The van der Waals surface area contributed by atoms with Gasteiger partial charge in [0.15, 0.2) is 0 Å². The molecule has 11 heavy (non-hydrogen) atoms. The van der Waals surface area contributed by atoms with Crippen LogP contribution in [0.15, 0.2) is 0 Å². The van der Waals surface area contributed by atoms with Crippen LogP contribution in [0.5, 0.6) is 0 Å². The molecule has 0 atom stereocenters. The summed E-state index contributed by atoms with van der Waals surface area (Å²) in [6.07, 6.45) is 2.05. The minimum absolute atomic E-state index is 0.0757. The van der Waals surface area contributed by atoms with E-state index in [1.807, 2.05) is 0 Å². The van der Waals surface area contributed by atoms with E-state index in [-0.39, 0.29) is 13.4 Å². The number of hydrogen-bond donors (Lipinski definition) is 1. The van der Waals surface area contributed by atoms with Crippen LogP contribution in [0.2, 0.25) is 0 Å². The minimum atomic E-state index is -0.968. The lowest BCUT2D eigenvalue weighted by Gasteiger charge is -2.01. The topological polar surface area (TPSA) is 55.8 Å². The van der Waals surface area contributed by atoms with Crippen molar-refractivity contribution < 1.29 is 19.4 Å². The Morgan fingerprint density at radius 2 is 2.18 bits per heavy atom.